The summed E-state index contributed by atoms with van der Waals surface area (Å²) < 4.78 is 11.4. The second-order valence-corrected chi connectivity index (χ2v) is 4.42. The Morgan fingerprint density at radius 1 is 1.00 bits per heavy atom. The van der Waals surface area contributed by atoms with Gasteiger partial charge in [0.15, 0.2) is 5.79 Å². The Morgan fingerprint density at radius 2 is 1.47 bits per heavy atom. The van der Waals surface area contributed by atoms with Crippen LogP contribution in [-0.4, -0.2) is 13.2 Å². The molecule has 2 nitrogen and oxygen atoms in total. The first-order valence-electron chi connectivity index (χ1n) is 5.39. The number of ether oxygens (including phenoxy) is 2. The van der Waals surface area contributed by atoms with Crippen molar-refractivity contribution in [1.29, 1.82) is 0 Å². The second-order valence-electron chi connectivity index (χ2n) is 4.42. The molecule has 2 rings (SSSR count). The first kappa shape index (κ1) is 10.7. The molecule has 0 spiro atoms. The zero-order chi connectivity index (χ0) is 11.1. The fourth-order valence-corrected chi connectivity index (χ4v) is 2.56. The number of rotatable bonds is 1. The summed E-state index contributed by atoms with van der Waals surface area (Å²) >= 11 is 0. The van der Waals surface area contributed by atoms with Crippen molar-refractivity contribution in [3.8, 4) is 0 Å². The zero-order valence-electron chi connectivity index (χ0n) is 9.89. The van der Waals surface area contributed by atoms with Crippen LogP contribution in [0.5, 0.6) is 0 Å². The Hall–Kier alpha value is -0.860. The monoisotopic (exact) mass is 206 g/mol. The molecule has 1 aromatic rings. The van der Waals surface area contributed by atoms with Gasteiger partial charge >= 0.3 is 0 Å². The van der Waals surface area contributed by atoms with Crippen LogP contribution in [-0.2, 0) is 15.3 Å². The van der Waals surface area contributed by atoms with E-state index in [0.29, 0.717) is 13.2 Å². The third kappa shape index (κ3) is 1.80. The van der Waals surface area contributed by atoms with Crippen LogP contribution in [0.2, 0.25) is 0 Å². The topological polar surface area (TPSA) is 18.5 Å². The van der Waals surface area contributed by atoms with E-state index >= 15 is 0 Å². The molecule has 1 saturated heterocycles. The summed E-state index contributed by atoms with van der Waals surface area (Å²) in [5, 5.41) is 0. The fraction of sp³-hybridized carbons (Fsp3) is 0.538. The van der Waals surface area contributed by atoms with E-state index in [4.69, 9.17) is 9.47 Å². The van der Waals surface area contributed by atoms with Gasteiger partial charge in [0.05, 0.1) is 13.2 Å². The molecular formula is C13H18O2. The molecule has 0 aromatic heterocycles. The molecule has 0 bridgehead atoms. The van der Waals surface area contributed by atoms with Gasteiger partial charge < -0.3 is 9.47 Å². The summed E-state index contributed by atoms with van der Waals surface area (Å²) in [5.74, 6) is -0.540. The predicted molar refractivity (Wildman–Crippen MR) is 59.9 cm³/mol. The van der Waals surface area contributed by atoms with Crippen LogP contribution in [0.3, 0.4) is 0 Å². The molecule has 2 heteroatoms. The lowest BCUT2D eigenvalue weighted by Crippen LogP contribution is -2.25. The Labute approximate surface area is 91.2 Å². The third-order valence-corrected chi connectivity index (χ3v) is 2.97. The van der Waals surface area contributed by atoms with E-state index in [9.17, 15) is 0 Å². The Balaban J connectivity index is 2.52. The van der Waals surface area contributed by atoms with Crippen molar-refractivity contribution in [1.82, 2.24) is 0 Å². The van der Waals surface area contributed by atoms with Crippen LogP contribution >= 0.6 is 0 Å². The SMILES string of the molecule is Cc1cc(C)c(C2(C)OCCO2)c(C)c1. The van der Waals surface area contributed by atoms with Crippen LogP contribution in [0.4, 0.5) is 0 Å². The van der Waals surface area contributed by atoms with Gasteiger partial charge in [0.25, 0.3) is 0 Å². The first-order chi connectivity index (χ1) is 7.03. The molecular weight excluding hydrogens is 188 g/mol. The van der Waals surface area contributed by atoms with Gasteiger partial charge in [0.1, 0.15) is 0 Å². The van der Waals surface area contributed by atoms with Gasteiger partial charge in [-0.3, -0.25) is 0 Å². The normalized spacial score (nSPS) is 19.5. The van der Waals surface area contributed by atoms with Gasteiger partial charge in [-0.15, -0.1) is 0 Å². The zero-order valence-corrected chi connectivity index (χ0v) is 9.89. The fourth-order valence-electron chi connectivity index (χ4n) is 2.56. The summed E-state index contributed by atoms with van der Waals surface area (Å²) in [5.41, 5.74) is 4.97. The Morgan fingerprint density at radius 3 is 1.93 bits per heavy atom. The average Bonchev–Trinajstić information content (AvgIpc) is 2.50. The highest BCUT2D eigenvalue weighted by Crippen LogP contribution is 2.35. The van der Waals surface area contributed by atoms with E-state index in [1.807, 2.05) is 6.92 Å². The molecule has 0 radical (unpaired) electrons. The van der Waals surface area contributed by atoms with Crippen molar-refractivity contribution in [3.63, 3.8) is 0 Å². The Kier molecular flexibility index (Phi) is 2.57. The molecule has 1 aromatic carbocycles. The van der Waals surface area contributed by atoms with Gasteiger partial charge in [0, 0.05) is 5.56 Å². The molecule has 0 saturated carbocycles. The van der Waals surface area contributed by atoms with Gasteiger partial charge in [-0.2, -0.15) is 0 Å². The highest BCUT2D eigenvalue weighted by atomic mass is 16.7. The van der Waals surface area contributed by atoms with E-state index in [1.165, 1.54) is 22.3 Å². The minimum Gasteiger partial charge on any atom is -0.344 e. The highest BCUT2D eigenvalue weighted by Gasteiger charge is 2.35. The average molecular weight is 206 g/mol. The first-order valence-corrected chi connectivity index (χ1v) is 5.39. The molecule has 0 amide bonds. The molecule has 82 valence electrons. The highest BCUT2D eigenvalue weighted by molar-refractivity contribution is 5.40. The molecule has 1 aliphatic heterocycles. The van der Waals surface area contributed by atoms with Crippen molar-refractivity contribution in [2.75, 3.05) is 13.2 Å². The number of aryl methyl sites for hydroxylation is 3. The third-order valence-electron chi connectivity index (χ3n) is 2.97. The summed E-state index contributed by atoms with van der Waals surface area (Å²) in [6.07, 6.45) is 0. The van der Waals surface area contributed by atoms with Crippen LogP contribution in [0.1, 0.15) is 29.2 Å². The lowest BCUT2D eigenvalue weighted by atomic mass is 9.94. The molecule has 1 aliphatic rings. The number of benzene rings is 1. The summed E-state index contributed by atoms with van der Waals surface area (Å²) in [4.78, 5) is 0. The van der Waals surface area contributed by atoms with Crippen LogP contribution < -0.4 is 0 Å². The minimum absolute atomic E-state index is 0.540. The van der Waals surface area contributed by atoms with Crippen molar-refractivity contribution < 1.29 is 9.47 Å². The van der Waals surface area contributed by atoms with Crippen molar-refractivity contribution >= 4 is 0 Å². The molecule has 0 unspecified atom stereocenters. The van der Waals surface area contributed by atoms with Gasteiger partial charge in [-0.25, -0.2) is 0 Å². The van der Waals surface area contributed by atoms with Gasteiger partial charge in [-0.1, -0.05) is 17.7 Å². The Bertz CT molecular complexity index is 353. The molecule has 0 aliphatic carbocycles. The largest absolute Gasteiger partial charge is 0.344 e. The van der Waals surface area contributed by atoms with Crippen molar-refractivity contribution in [2.45, 2.75) is 33.5 Å². The molecule has 15 heavy (non-hydrogen) atoms. The lowest BCUT2D eigenvalue weighted by Gasteiger charge is -2.27. The maximum atomic E-state index is 5.71. The van der Waals surface area contributed by atoms with Crippen LogP contribution in [0.15, 0.2) is 12.1 Å². The molecule has 1 fully saturated rings. The van der Waals surface area contributed by atoms with Gasteiger partial charge in [-0.05, 0) is 38.8 Å². The molecule has 0 atom stereocenters. The van der Waals surface area contributed by atoms with Crippen LogP contribution in [0, 0.1) is 20.8 Å². The standard InChI is InChI=1S/C13H18O2/c1-9-7-10(2)12(11(3)8-9)13(4)14-5-6-15-13/h7-8H,5-6H2,1-4H3. The van der Waals surface area contributed by atoms with E-state index in [2.05, 4.69) is 32.9 Å². The smallest absolute Gasteiger partial charge is 0.192 e. The number of hydrogen-bond acceptors (Lipinski definition) is 2. The second kappa shape index (κ2) is 3.62. The van der Waals surface area contributed by atoms with Gasteiger partial charge in [0.2, 0.25) is 0 Å². The van der Waals surface area contributed by atoms with Crippen molar-refractivity contribution in [2.24, 2.45) is 0 Å². The number of hydrogen-bond donors (Lipinski definition) is 0. The van der Waals surface area contributed by atoms with E-state index < -0.39 is 5.79 Å². The van der Waals surface area contributed by atoms with E-state index in [-0.39, 0.29) is 0 Å². The summed E-state index contributed by atoms with van der Waals surface area (Å²) in [7, 11) is 0. The summed E-state index contributed by atoms with van der Waals surface area (Å²) in [6.45, 7) is 9.72. The molecule has 0 N–H and O–H groups in total. The maximum Gasteiger partial charge on any atom is 0.192 e. The summed E-state index contributed by atoms with van der Waals surface area (Å²) in [6, 6.07) is 4.36. The molecule has 1 heterocycles. The quantitative estimate of drug-likeness (QED) is 0.703. The minimum atomic E-state index is -0.540. The van der Waals surface area contributed by atoms with E-state index in [0.717, 1.165) is 0 Å². The maximum absolute atomic E-state index is 5.71. The van der Waals surface area contributed by atoms with Crippen LogP contribution in [0.25, 0.3) is 0 Å². The van der Waals surface area contributed by atoms with Crippen molar-refractivity contribution in [3.05, 3.63) is 34.4 Å². The lowest BCUT2D eigenvalue weighted by molar-refractivity contribution is -0.150. The van der Waals surface area contributed by atoms with E-state index in [1.54, 1.807) is 0 Å². The predicted octanol–water partition coefficient (Wildman–Crippen LogP) is 2.83.